The lowest BCUT2D eigenvalue weighted by atomic mass is 10.0. The lowest BCUT2D eigenvalue weighted by molar-refractivity contribution is 0.218. The molecular formula is C12H16F2N2S. The Hall–Kier alpha value is -0.650. The fourth-order valence-corrected chi connectivity index (χ4v) is 3.06. The van der Waals surface area contributed by atoms with E-state index >= 15 is 0 Å². The third-order valence-corrected chi connectivity index (χ3v) is 3.97. The predicted molar refractivity (Wildman–Crippen MR) is 67.1 cm³/mol. The number of rotatable bonds is 3. The molecule has 2 rings (SSSR count). The van der Waals surface area contributed by atoms with Gasteiger partial charge in [-0.2, -0.15) is 11.8 Å². The van der Waals surface area contributed by atoms with Crippen molar-refractivity contribution in [2.24, 2.45) is 5.73 Å². The molecule has 1 aromatic carbocycles. The molecule has 94 valence electrons. The van der Waals surface area contributed by atoms with Gasteiger partial charge in [0.2, 0.25) is 0 Å². The molecule has 0 aromatic heterocycles. The topological polar surface area (TPSA) is 29.3 Å². The highest BCUT2D eigenvalue weighted by atomic mass is 32.2. The Labute approximate surface area is 104 Å². The first-order chi connectivity index (χ1) is 8.22. The molecule has 1 aromatic rings. The molecule has 1 fully saturated rings. The number of halogens is 2. The minimum Gasteiger partial charge on any atom is -0.329 e. The lowest BCUT2D eigenvalue weighted by Gasteiger charge is -2.34. The van der Waals surface area contributed by atoms with Gasteiger partial charge in [0.1, 0.15) is 11.6 Å². The van der Waals surface area contributed by atoms with Gasteiger partial charge >= 0.3 is 0 Å². The number of nitrogens with two attached hydrogens (primary N) is 1. The van der Waals surface area contributed by atoms with Crippen LogP contribution in [-0.4, -0.2) is 36.0 Å². The summed E-state index contributed by atoms with van der Waals surface area (Å²) >= 11 is 1.89. The van der Waals surface area contributed by atoms with Gasteiger partial charge in [-0.25, -0.2) is 8.78 Å². The van der Waals surface area contributed by atoms with E-state index in [2.05, 4.69) is 4.90 Å². The molecule has 1 aliphatic heterocycles. The number of nitrogens with zero attached hydrogens (tertiary/aromatic N) is 1. The van der Waals surface area contributed by atoms with Crippen LogP contribution in [0.4, 0.5) is 8.78 Å². The molecule has 1 saturated heterocycles. The Morgan fingerprint density at radius 2 is 2.00 bits per heavy atom. The molecule has 0 aliphatic carbocycles. The second-order valence-electron chi connectivity index (χ2n) is 4.07. The molecule has 5 heteroatoms. The fraction of sp³-hybridized carbons (Fsp3) is 0.500. The third-order valence-electron chi connectivity index (χ3n) is 3.03. The SMILES string of the molecule is NCC(c1ccc(F)cc1F)N1CCSCC1. The molecule has 17 heavy (non-hydrogen) atoms. The Morgan fingerprint density at radius 1 is 1.29 bits per heavy atom. The van der Waals surface area contributed by atoms with Crippen LogP contribution in [0.1, 0.15) is 11.6 Å². The quantitative estimate of drug-likeness (QED) is 0.899. The van der Waals surface area contributed by atoms with E-state index in [0.717, 1.165) is 30.7 Å². The number of thioether (sulfide) groups is 1. The van der Waals surface area contributed by atoms with Crippen molar-refractivity contribution in [3.63, 3.8) is 0 Å². The zero-order valence-corrected chi connectivity index (χ0v) is 10.4. The maximum absolute atomic E-state index is 13.7. The summed E-state index contributed by atoms with van der Waals surface area (Å²) in [6.07, 6.45) is 0. The van der Waals surface area contributed by atoms with E-state index in [9.17, 15) is 8.78 Å². The monoisotopic (exact) mass is 258 g/mol. The number of hydrogen-bond donors (Lipinski definition) is 1. The zero-order chi connectivity index (χ0) is 12.3. The highest BCUT2D eigenvalue weighted by Crippen LogP contribution is 2.25. The molecule has 2 nitrogen and oxygen atoms in total. The zero-order valence-electron chi connectivity index (χ0n) is 9.53. The van der Waals surface area contributed by atoms with Crippen LogP contribution in [0.5, 0.6) is 0 Å². The number of benzene rings is 1. The van der Waals surface area contributed by atoms with Crippen LogP contribution in [0.2, 0.25) is 0 Å². The van der Waals surface area contributed by atoms with Crippen LogP contribution >= 0.6 is 11.8 Å². The summed E-state index contributed by atoms with van der Waals surface area (Å²) in [6, 6.07) is 3.58. The average molecular weight is 258 g/mol. The molecule has 1 heterocycles. The maximum atomic E-state index is 13.7. The summed E-state index contributed by atoms with van der Waals surface area (Å²) in [5.74, 6) is 1.04. The third kappa shape index (κ3) is 2.97. The van der Waals surface area contributed by atoms with E-state index in [4.69, 9.17) is 5.73 Å². The maximum Gasteiger partial charge on any atom is 0.130 e. The Morgan fingerprint density at radius 3 is 2.59 bits per heavy atom. The van der Waals surface area contributed by atoms with E-state index in [1.165, 1.54) is 12.1 Å². The van der Waals surface area contributed by atoms with Gasteiger partial charge in [0.15, 0.2) is 0 Å². The molecular weight excluding hydrogens is 242 g/mol. The van der Waals surface area contributed by atoms with Crippen LogP contribution in [0.15, 0.2) is 18.2 Å². The minimum atomic E-state index is -0.545. The molecule has 0 bridgehead atoms. The summed E-state index contributed by atoms with van der Waals surface area (Å²) in [4.78, 5) is 2.17. The average Bonchev–Trinajstić information content (AvgIpc) is 2.34. The fourth-order valence-electron chi connectivity index (χ4n) is 2.13. The lowest BCUT2D eigenvalue weighted by Crippen LogP contribution is -2.39. The highest BCUT2D eigenvalue weighted by molar-refractivity contribution is 7.99. The van der Waals surface area contributed by atoms with Crippen molar-refractivity contribution in [3.8, 4) is 0 Å². The highest BCUT2D eigenvalue weighted by Gasteiger charge is 2.23. The summed E-state index contributed by atoms with van der Waals surface area (Å²) in [5, 5.41) is 0. The van der Waals surface area contributed by atoms with Gasteiger partial charge in [0.05, 0.1) is 0 Å². The summed E-state index contributed by atoms with van der Waals surface area (Å²) in [6.45, 7) is 2.17. The Balaban J connectivity index is 2.21. The van der Waals surface area contributed by atoms with Crippen molar-refractivity contribution in [1.29, 1.82) is 0 Å². The van der Waals surface area contributed by atoms with E-state index in [1.54, 1.807) is 0 Å². The first-order valence-electron chi connectivity index (χ1n) is 5.69. The molecule has 0 saturated carbocycles. The van der Waals surface area contributed by atoms with E-state index in [-0.39, 0.29) is 6.04 Å². The second-order valence-corrected chi connectivity index (χ2v) is 5.29. The van der Waals surface area contributed by atoms with Crippen molar-refractivity contribution in [1.82, 2.24) is 4.90 Å². The molecule has 1 unspecified atom stereocenters. The van der Waals surface area contributed by atoms with Gasteiger partial charge in [-0.05, 0) is 6.07 Å². The predicted octanol–water partition coefficient (Wildman–Crippen LogP) is 2.01. The minimum absolute atomic E-state index is 0.142. The van der Waals surface area contributed by atoms with Crippen LogP contribution < -0.4 is 5.73 Å². The molecule has 0 spiro atoms. The normalized spacial score (nSPS) is 19.2. The molecule has 0 amide bonds. The van der Waals surface area contributed by atoms with Crippen LogP contribution in [0, 0.1) is 11.6 Å². The van der Waals surface area contributed by atoms with Gasteiger partial charge in [0, 0.05) is 48.8 Å². The first-order valence-corrected chi connectivity index (χ1v) is 6.84. The van der Waals surface area contributed by atoms with Gasteiger partial charge < -0.3 is 5.73 Å². The van der Waals surface area contributed by atoms with Crippen LogP contribution in [-0.2, 0) is 0 Å². The van der Waals surface area contributed by atoms with Gasteiger partial charge in [-0.3, -0.25) is 4.90 Å². The largest absolute Gasteiger partial charge is 0.329 e. The van der Waals surface area contributed by atoms with Crippen molar-refractivity contribution >= 4 is 11.8 Å². The molecule has 1 atom stereocenters. The number of hydrogen-bond acceptors (Lipinski definition) is 3. The van der Waals surface area contributed by atoms with E-state index in [0.29, 0.717) is 12.1 Å². The van der Waals surface area contributed by atoms with Gasteiger partial charge in [-0.1, -0.05) is 6.07 Å². The Kier molecular flexibility index (Phi) is 4.36. The van der Waals surface area contributed by atoms with Crippen molar-refractivity contribution in [2.45, 2.75) is 6.04 Å². The van der Waals surface area contributed by atoms with Crippen molar-refractivity contribution < 1.29 is 8.78 Å². The second kappa shape index (κ2) is 5.80. The molecule has 2 N–H and O–H groups in total. The summed E-state index contributed by atoms with van der Waals surface area (Å²) in [5.41, 5.74) is 6.23. The van der Waals surface area contributed by atoms with Gasteiger partial charge in [0.25, 0.3) is 0 Å². The molecule has 1 aliphatic rings. The standard InChI is InChI=1S/C12H16F2N2S/c13-9-1-2-10(11(14)7-9)12(8-15)16-3-5-17-6-4-16/h1-2,7,12H,3-6,8,15H2. The van der Waals surface area contributed by atoms with E-state index < -0.39 is 11.6 Å². The van der Waals surface area contributed by atoms with E-state index in [1.807, 2.05) is 11.8 Å². The van der Waals surface area contributed by atoms with Crippen molar-refractivity contribution in [2.75, 3.05) is 31.1 Å². The smallest absolute Gasteiger partial charge is 0.130 e. The van der Waals surface area contributed by atoms with Gasteiger partial charge in [-0.15, -0.1) is 0 Å². The summed E-state index contributed by atoms with van der Waals surface area (Å²) < 4.78 is 26.6. The first kappa shape index (κ1) is 12.8. The van der Waals surface area contributed by atoms with Crippen LogP contribution in [0.25, 0.3) is 0 Å². The van der Waals surface area contributed by atoms with Crippen LogP contribution in [0.3, 0.4) is 0 Å². The molecule has 0 radical (unpaired) electrons. The summed E-state index contributed by atoms with van der Waals surface area (Å²) in [7, 11) is 0. The Bertz CT molecular complexity index is 381. The van der Waals surface area contributed by atoms with Crippen molar-refractivity contribution in [3.05, 3.63) is 35.4 Å².